The van der Waals surface area contributed by atoms with E-state index < -0.39 is 53.7 Å². The van der Waals surface area contributed by atoms with E-state index >= 15 is 0 Å². The van der Waals surface area contributed by atoms with Gasteiger partial charge in [-0.15, -0.1) is 43.2 Å². The Morgan fingerprint density at radius 1 is 0.324 bits per heavy atom. The lowest BCUT2D eigenvalue weighted by Crippen LogP contribution is -2.77. The Morgan fingerprint density at radius 2 is 0.685 bits per heavy atom. The molecular weight excluding hydrogens is 1400 g/mol. The van der Waals surface area contributed by atoms with Crippen molar-refractivity contribution in [3.8, 4) is 68.7 Å². The fourth-order valence-electron chi connectivity index (χ4n) is 16.0. The second-order valence-corrected chi connectivity index (χ2v) is 32.4. The van der Waals surface area contributed by atoms with E-state index in [4.69, 9.17) is 10.2 Å². The molecule has 0 N–H and O–H groups in total. The minimum Gasteiger partial charge on any atom is -0.199 e. The van der Waals surface area contributed by atoms with E-state index in [1.165, 1.54) is 20.2 Å². The second-order valence-electron chi connectivity index (χ2n) is 32.4. The number of alkyl halides is 9. The van der Waals surface area contributed by atoms with Gasteiger partial charge in [0.05, 0.1) is 27.9 Å². The van der Waals surface area contributed by atoms with Crippen LogP contribution >= 0.6 is 0 Å². The molecule has 3 unspecified atom stereocenters. The molecule has 6 aliphatic rings. The summed E-state index contributed by atoms with van der Waals surface area (Å²) >= 11 is 0. The topological polar surface area (TPSA) is 182 Å². The number of aromatic nitrogens is 22. The first-order chi connectivity index (χ1) is 50.6. The maximum absolute atomic E-state index is 14.1. The Kier molecular flexibility index (Phi) is 13.6. The molecule has 0 amide bonds. The van der Waals surface area contributed by atoms with Crippen molar-refractivity contribution in [1.29, 1.82) is 0 Å². The summed E-state index contributed by atoms with van der Waals surface area (Å²) < 4.78 is 145. The molecule has 3 spiro atoms. The first-order valence-electron chi connectivity index (χ1n) is 35.0. The van der Waals surface area contributed by atoms with Crippen LogP contribution in [0.15, 0.2) is 159 Å². The second kappa shape index (κ2) is 21.5. The number of pyridine rings is 5. The molecule has 0 saturated heterocycles. The smallest absolute Gasteiger partial charge is 0.199 e. The number of rotatable bonds is 0. The monoisotopic (exact) mass is 1470 g/mol. The Balaban J connectivity index is 0.000000115. The van der Waals surface area contributed by atoms with E-state index in [1.54, 1.807) is 31.0 Å². The number of fused-ring (bicyclic) bond motifs is 34. The summed E-state index contributed by atoms with van der Waals surface area (Å²) in [6.07, 6.45) is -1.56. The van der Waals surface area contributed by atoms with E-state index in [-0.39, 0.29) is 39.1 Å². The van der Waals surface area contributed by atoms with Crippen molar-refractivity contribution in [2.45, 2.75) is 162 Å². The third kappa shape index (κ3) is 9.20. The van der Waals surface area contributed by atoms with Crippen LogP contribution in [-0.2, 0) is 57.9 Å². The van der Waals surface area contributed by atoms with Gasteiger partial charge in [0.2, 0.25) is 34.6 Å². The number of benzene rings is 2. The van der Waals surface area contributed by atoms with Crippen molar-refractivity contribution in [1.82, 2.24) is 78.6 Å². The standard InChI is InChI=1S/C30H30F3N7.C26H22F3N7.C21H19F3N8/c1-17-14-23-22-16-20(28(5,6)7)11-13-37(22)30(39(23)35-17)38-12-10-18-15-19(27(2,3)4)8-9-21(18)24(38)25-34-26(29(31,32)33)36-40(25)30;1-15-13-20-19-7-5-6-11-33(19)26(35(20)31-15)34-12-10-16-14-17(24(2,3)4)8-9-18(16)21(34)22-30-23(25(27,28)29)32-36(22)26;1-12-9-16-15-10-13(19(2,3)4)6-8-29(15)21(31(16)27-12)30-11-25-7-5-14(30)17-26-18(20(22,23)24)28-32(17)21/h8-16H,1-7H3;5-14H,1-4H3;5-11H,1-4H3/q3*+2. The first kappa shape index (κ1) is 68.0. The van der Waals surface area contributed by atoms with Gasteiger partial charge < -0.3 is 0 Å². The Labute approximate surface area is 610 Å². The Hall–Kier alpha value is -11.8. The lowest BCUT2D eigenvalue weighted by molar-refractivity contribution is -0.991. The molecule has 0 radical (unpaired) electrons. The van der Waals surface area contributed by atoms with Gasteiger partial charge in [-0.2, -0.15) is 69.8 Å². The van der Waals surface area contributed by atoms with E-state index in [0.29, 0.717) is 17.1 Å². The van der Waals surface area contributed by atoms with Crippen LogP contribution in [-0.4, -0.2) is 78.6 Å². The number of aryl methyl sites for hydroxylation is 3. The average molecular weight is 1480 g/mol. The molecule has 22 nitrogen and oxygen atoms in total. The number of hydrogen-bond donors (Lipinski definition) is 0. The molecule has 12 aromatic heterocycles. The van der Waals surface area contributed by atoms with E-state index in [9.17, 15) is 39.5 Å². The molecule has 31 heteroatoms. The zero-order valence-electron chi connectivity index (χ0n) is 61.3. The summed E-state index contributed by atoms with van der Waals surface area (Å²) in [6.45, 7) is 31.1. The van der Waals surface area contributed by atoms with Crippen molar-refractivity contribution in [2.75, 3.05) is 0 Å². The molecule has 0 saturated carbocycles. The Bertz CT molecular complexity index is 6230. The lowest BCUT2D eigenvalue weighted by Gasteiger charge is -2.20. The van der Waals surface area contributed by atoms with Gasteiger partial charge >= 0.3 is 36.3 Å². The number of halogens is 9. The summed E-state index contributed by atoms with van der Waals surface area (Å²) in [7, 11) is 0. The zero-order valence-corrected chi connectivity index (χ0v) is 61.3. The normalized spacial score (nSPS) is 18.1. The quantitative estimate of drug-likeness (QED) is 0.105. The van der Waals surface area contributed by atoms with Gasteiger partial charge in [0, 0.05) is 54.6 Å². The highest BCUT2D eigenvalue weighted by Crippen LogP contribution is 2.47. The molecule has 3 atom stereocenters. The molecule has 6 aliphatic heterocycles. The minimum atomic E-state index is -4.71. The van der Waals surface area contributed by atoms with Crippen LogP contribution in [0.2, 0.25) is 0 Å². The summed E-state index contributed by atoms with van der Waals surface area (Å²) in [4.78, 5) is 16.2. The van der Waals surface area contributed by atoms with E-state index in [2.05, 4.69) is 148 Å². The predicted molar refractivity (Wildman–Crippen MR) is 370 cm³/mol. The molecular formula is C77H71F9N22+6. The van der Waals surface area contributed by atoms with Crippen LogP contribution in [0.4, 0.5) is 39.5 Å². The third-order valence-corrected chi connectivity index (χ3v) is 21.1. The lowest BCUT2D eigenvalue weighted by atomic mass is 9.86. The van der Waals surface area contributed by atoms with Gasteiger partial charge in [-0.25, -0.2) is 0 Å². The van der Waals surface area contributed by atoms with Crippen LogP contribution in [0.3, 0.4) is 0 Å². The molecule has 14 aromatic rings. The van der Waals surface area contributed by atoms with Gasteiger partial charge in [0.25, 0.3) is 35.2 Å². The first-order valence-corrected chi connectivity index (χ1v) is 35.0. The highest BCUT2D eigenvalue weighted by molar-refractivity contribution is 5.93. The van der Waals surface area contributed by atoms with Crippen LogP contribution < -0.4 is 27.4 Å². The molecule has 108 heavy (non-hydrogen) atoms. The summed E-state index contributed by atoms with van der Waals surface area (Å²) in [5.74, 6) is -7.32. The molecule has 20 rings (SSSR count). The minimum absolute atomic E-state index is 0.0766. The third-order valence-electron chi connectivity index (χ3n) is 21.1. The van der Waals surface area contributed by atoms with Crippen LogP contribution in [0, 0.1) is 20.8 Å². The number of nitrogens with zero attached hydrogens (tertiary/aromatic N) is 22. The van der Waals surface area contributed by atoms with E-state index in [0.717, 1.165) is 95.0 Å². The van der Waals surface area contributed by atoms with Crippen molar-refractivity contribution < 1.29 is 66.9 Å². The largest absolute Gasteiger partial charge is 0.584 e. The van der Waals surface area contributed by atoms with Crippen LogP contribution in [0.5, 0.6) is 0 Å². The fourth-order valence-corrected chi connectivity index (χ4v) is 16.0. The molecule has 2 aromatic carbocycles. The highest BCUT2D eigenvalue weighted by atomic mass is 19.4. The molecule has 0 aliphatic carbocycles. The maximum atomic E-state index is 14.1. The van der Waals surface area contributed by atoms with Gasteiger partial charge in [0.1, 0.15) is 23.3 Å². The van der Waals surface area contributed by atoms with E-state index in [1.807, 2.05) is 160 Å². The highest BCUT2D eigenvalue weighted by Gasteiger charge is 2.74. The predicted octanol–water partition coefficient (Wildman–Crippen LogP) is 11.5. The van der Waals surface area contributed by atoms with Crippen molar-refractivity contribution in [3.63, 3.8) is 0 Å². The SMILES string of the molecule is Cc1cc2n(n1)C1(n3nc(C(F)(F)F)nc3-c3c4ccc(C(C)(C)C)cc4cc[n+]31)[n+]1ccc(C(C)(C)C)cc1-2.Cc1cc2n(n1)C1(n3nc(C(F)(F)F)nc3-c3c4ccc(C(C)(C)C)cc4cc[n+]31)[n+]1ccccc1-2.Cc1cc2n(n1)C1(n3nc(C(F)(F)F)nc3-c3ccnc[n+]31)[n+]1ccc(C(C)(C)C)cc1-2. The number of hydrogen-bond acceptors (Lipinski definition) is 10. The average Bonchev–Trinajstić information content (AvgIpc) is 1.53. The van der Waals surface area contributed by atoms with Crippen molar-refractivity contribution in [3.05, 3.63) is 216 Å². The Morgan fingerprint density at radius 3 is 1.09 bits per heavy atom. The molecule has 18 heterocycles. The summed E-state index contributed by atoms with van der Waals surface area (Å²) in [6, 6.07) is 37.4. The molecule has 0 fully saturated rings. The zero-order chi connectivity index (χ0) is 76.4. The van der Waals surface area contributed by atoms with Crippen LogP contribution in [0.25, 0.3) is 90.3 Å². The van der Waals surface area contributed by atoms with Crippen molar-refractivity contribution in [2.24, 2.45) is 0 Å². The maximum Gasteiger partial charge on any atom is 0.584 e. The summed E-state index contributed by atoms with van der Waals surface area (Å²) in [5.41, 5.74) is 12.7. The van der Waals surface area contributed by atoms with Gasteiger partial charge in [0.15, 0.2) is 36.7 Å². The van der Waals surface area contributed by atoms with Gasteiger partial charge in [-0.05, 0) is 112 Å². The molecule has 0 bridgehead atoms. The summed E-state index contributed by atoms with van der Waals surface area (Å²) in [5, 5.41) is 29.8. The van der Waals surface area contributed by atoms with Crippen molar-refractivity contribution >= 4 is 21.5 Å². The van der Waals surface area contributed by atoms with Gasteiger partial charge in [-0.1, -0.05) is 140 Å². The van der Waals surface area contributed by atoms with Gasteiger partial charge in [-0.3, -0.25) is 0 Å². The fraction of sp³-hybridized carbons (Fsp3) is 0.325. The van der Waals surface area contributed by atoms with Crippen LogP contribution in [0.1, 0.15) is 140 Å². The molecule has 546 valence electrons.